The normalized spacial score (nSPS) is 42.5. The summed E-state index contributed by atoms with van der Waals surface area (Å²) < 4.78 is 0.694. The van der Waals surface area contributed by atoms with Gasteiger partial charge in [0.05, 0.1) is 0 Å². The average Bonchev–Trinajstić information content (AvgIpc) is 2.11. The zero-order valence-electron chi connectivity index (χ0n) is 9.87. The molecule has 0 heterocycles. The van der Waals surface area contributed by atoms with Crippen molar-refractivity contribution in [2.45, 2.75) is 44.1 Å². The molecule has 3 nitrogen and oxygen atoms in total. The molecule has 0 aliphatic heterocycles. The number of rotatable bonds is 1. The van der Waals surface area contributed by atoms with E-state index in [0.29, 0.717) is 4.32 Å². The zero-order chi connectivity index (χ0) is 12.0. The first-order chi connectivity index (χ1) is 8.05. The number of amidine groups is 1. The lowest BCUT2D eigenvalue weighted by atomic mass is 9.53. The van der Waals surface area contributed by atoms with Crippen molar-refractivity contribution in [1.82, 2.24) is 5.32 Å². The molecular weight excluding hydrogens is 250 g/mol. The van der Waals surface area contributed by atoms with Crippen molar-refractivity contribution in [3.63, 3.8) is 0 Å². The van der Waals surface area contributed by atoms with E-state index in [2.05, 4.69) is 5.32 Å². The summed E-state index contributed by atoms with van der Waals surface area (Å²) in [4.78, 5) is 0. The smallest absolute Gasteiger partial charge is 0.158 e. The molecule has 4 rings (SSSR count). The van der Waals surface area contributed by atoms with Crippen molar-refractivity contribution in [2.75, 3.05) is 0 Å². The molecule has 4 aliphatic rings. The highest BCUT2D eigenvalue weighted by Crippen LogP contribution is 2.55. The van der Waals surface area contributed by atoms with Crippen LogP contribution in [0, 0.1) is 23.2 Å². The third kappa shape index (κ3) is 2.32. The predicted octanol–water partition coefficient (Wildman–Crippen LogP) is 2.46. The van der Waals surface area contributed by atoms with E-state index in [9.17, 15) is 0 Å². The highest BCUT2D eigenvalue weighted by Gasteiger charge is 2.51. The molecule has 0 atom stereocenters. The highest BCUT2D eigenvalue weighted by atomic mass is 32.2. The van der Waals surface area contributed by atoms with Crippen LogP contribution < -0.4 is 11.1 Å². The van der Waals surface area contributed by atoms with E-state index in [1.807, 2.05) is 0 Å². The number of hydrogen-bond acceptors (Lipinski definition) is 3. The van der Waals surface area contributed by atoms with Crippen molar-refractivity contribution < 1.29 is 0 Å². The van der Waals surface area contributed by atoms with Gasteiger partial charge in [0.15, 0.2) is 5.17 Å². The second kappa shape index (κ2) is 4.12. The first-order valence-corrected chi connectivity index (χ1v) is 7.61. The van der Waals surface area contributed by atoms with Crippen molar-refractivity contribution in [3.8, 4) is 0 Å². The molecule has 4 saturated carbocycles. The lowest BCUT2D eigenvalue weighted by Crippen LogP contribution is -2.59. The third-order valence-electron chi connectivity index (χ3n) is 4.61. The summed E-state index contributed by atoms with van der Waals surface area (Å²) in [7, 11) is 0. The van der Waals surface area contributed by atoms with Gasteiger partial charge >= 0.3 is 0 Å². The second-order valence-electron chi connectivity index (χ2n) is 6.08. The van der Waals surface area contributed by atoms with Gasteiger partial charge in [0.25, 0.3) is 0 Å². The average molecular weight is 269 g/mol. The number of thioether (sulfide) groups is 1. The van der Waals surface area contributed by atoms with Gasteiger partial charge in [-0.1, -0.05) is 12.2 Å². The molecule has 4 fully saturated rings. The van der Waals surface area contributed by atoms with Gasteiger partial charge in [-0.05, 0) is 68.0 Å². The van der Waals surface area contributed by atoms with E-state index in [0.717, 1.165) is 17.8 Å². The molecule has 4 N–H and O–H groups in total. The van der Waals surface area contributed by atoms with Crippen LogP contribution in [-0.2, 0) is 0 Å². The Balaban J connectivity index is 1.70. The van der Waals surface area contributed by atoms with Gasteiger partial charge in [0, 0.05) is 5.54 Å². The van der Waals surface area contributed by atoms with Crippen molar-refractivity contribution in [1.29, 1.82) is 5.41 Å². The van der Waals surface area contributed by atoms with E-state index in [4.69, 9.17) is 23.4 Å². The molecule has 4 bridgehead atoms. The van der Waals surface area contributed by atoms with Crippen LogP contribution in [-0.4, -0.2) is 15.0 Å². The fourth-order valence-electron chi connectivity index (χ4n) is 4.61. The van der Waals surface area contributed by atoms with Gasteiger partial charge in [-0.3, -0.25) is 5.41 Å². The maximum absolute atomic E-state index is 7.28. The molecule has 5 heteroatoms. The SMILES string of the molecule is N=C(N)SC(=S)NC12CC3CC(CC(C3)C1)C2. The van der Waals surface area contributed by atoms with Gasteiger partial charge in [-0.15, -0.1) is 0 Å². The molecule has 0 amide bonds. The molecule has 0 radical (unpaired) electrons. The summed E-state index contributed by atoms with van der Waals surface area (Å²) in [5, 5.41) is 10.9. The molecule has 4 aliphatic carbocycles. The van der Waals surface area contributed by atoms with Crippen LogP contribution in [0.25, 0.3) is 0 Å². The fourth-order valence-corrected chi connectivity index (χ4v) is 5.56. The summed E-state index contributed by atoms with van der Waals surface area (Å²) in [6.07, 6.45) is 8.14. The van der Waals surface area contributed by atoms with Crippen LogP contribution in [0.1, 0.15) is 38.5 Å². The van der Waals surface area contributed by atoms with Gasteiger partial charge in [0.1, 0.15) is 4.32 Å². The van der Waals surface area contributed by atoms with Crippen LogP contribution >= 0.6 is 24.0 Å². The van der Waals surface area contributed by atoms with E-state index >= 15 is 0 Å². The van der Waals surface area contributed by atoms with Gasteiger partial charge < -0.3 is 11.1 Å². The molecule has 94 valence electrons. The van der Waals surface area contributed by atoms with Gasteiger partial charge in [-0.25, -0.2) is 0 Å². The second-order valence-corrected chi connectivity index (χ2v) is 7.80. The Kier molecular flexibility index (Phi) is 2.86. The quantitative estimate of drug-likeness (QED) is 0.389. The van der Waals surface area contributed by atoms with Crippen molar-refractivity contribution in [3.05, 3.63) is 0 Å². The van der Waals surface area contributed by atoms with Crippen LogP contribution in [0.3, 0.4) is 0 Å². The number of nitrogens with one attached hydrogen (secondary N) is 2. The topological polar surface area (TPSA) is 61.9 Å². The van der Waals surface area contributed by atoms with Crippen LogP contribution in [0.2, 0.25) is 0 Å². The summed E-state index contributed by atoms with van der Waals surface area (Å²) in [6.45, 7) is 0. The molecule has 0 spiro atoms. The minimum atomic E-state index is 0.0900. The summed E-state index contributed by atoms with van der Waals surface area (Å²) in [5.74, 6) is 2.75. The monoisotopic (exact) mass is 269 g/mol. The van der Waals surface area contributed by atoms with E-state index in [1.165, 1.54) is 50.3 Å². The number of nitrogens with two attached hydrogens (primary N) is 1. The van der Waals surface area contributed by atoms with Crippen molar-refractivity contribution >= 4 is 33.5 Å². The molecule has 0 saturated heterocycles. The maximum atomic E-state index is 7.28. The highest BCUT2D eigenvalue weighted by molar-refractivity contribution is 8.32. The van der Waals surface area contributed by atoms with Gasteiger partial charge in [0.2, 0.25) is 0 Å². The Morgan fingerprint density at radius 2 is 1.65 bits per heavy atom. The molecule has 0 unspecified atom stereocenters. The molecule has 0 aromatic heterocycles. The fraction of sp³-hybridized carbons (Fsp3) is 0.833. The Morgan fingerprint density at radius 3 is 2.06 bits per heavy atom. The molecule has 0 aromatic carbocycles. The predicted molar refractivity (Wildman–Crippen MR) is 76.1 cm³/mol. The molecular formula is C12H19N3S2. The summed E-state index contributed by atoms with van der Waals surface area (Å²) in [6, 6.07) is 0. The van der Waals surface area contributed by atoms with E-state index < -0.39 is 0 Å². The Bertz CT molecular complexity index is 331. The van der Waals surface area contributed by atoms with Crippen molar-refractivity contribution in [2.24, 2.45) is 23.5 Å². The minimum absolute atomic E-state index is 0.0900. The minimum Gasteiger partial charge on any atom is -0.378 e. The Hall–Kier alpha value is -0.290. The number of hydrogen-bond donors (Lipinski definition) is 3. The largest absolute Gasteiger partial charge is 0.378 e. The lowest BCUT2D eigenvalue weighted by molar-refractivity contribution is -0.00933. The summed E-state index contributed by atoms with van der Waals surface area (Å²) >= 11 is 6.48. The Labute approximate surface area is 112 Å². The number of thiocarbonyl (C=S) groups is 1. The Morgan fingerprint density at radius 1 is 1.18 bits per heavy atom. The van der Waals surface area contributed by atoms with Crippen LogP contribution in [0.4, 0.5) is 0 Å². The molecule has 17 heavy (non-hydrogen) atoms. The first-order valence-electron chi connectivity index (χ1n) is 6.39. The maximum Gasteiger partial charge on any atom is 0.158 e. The third-order valence-corrected chi connectivity index (χ3v) is 5.47. The van der Waals surface area contributed by atoms with E-state index in [1.54, 1.807) is 0 Å². The lowest BCUT2D eigenvalue weighted by Gasteiger charge is -2.57. The van der Waals surface area contributed by atoms with Crippen LogP contribution in [0.5, 0.6) is 0 Å². The van der Waals surface area contributed by atoms with Gasteiger partial charge in [-0.2, -0.15) is 0 Å². The first kappa shape index (κ1) is 11.8. The zero-order valence-corrected chi connectivity index (χ0v) is 11.5. The standard InChI is InChI=1S/C12H19N3S2/c13-10(14)17-11(16)15-12-4-7-1-8(5-12)3-9(2-7)6-12/h7-9H,1-6H2,(H3,13,14)(H,15,16). The van der Waals surface area contributed by atoms with Crippen LogP contribution in [0.15, 0.2) is 0 Å². The van der Waals surface area contributed by atoms with E-state index in [-0.39, 0.29) is 10.7 Å². The summed E-state index contributed by atoms with van der Waals surface area (Å²) in [5.41, 5.74) is 5.62. The molecule has 0 aromatic rings.